The highest BCUT2D eigenvalue weighted by Crippen LogP contribution is 2.27. The Morgan fingerprint density at radius 2 is 1.68 bits per heavy atom. The van der Waals surface area contributed by atoms with Crippen LogP contribution < -0.4 is 21.1 Å². The number of alkyl halides is 2. The molecule has 3 amide bonds. The number of thiophene rings is 1. The predicted molar refractivity (Wildman–Crippen MR) is 78.6 cm³/mol. The van der Waals surface area contributed by atoms with Crippen molar-refractivity contribution in [2.24, 2.45) is 5.73 Å². The average Bonchev–Trinajstić information content (AvgIpc) is 2.87. The van der Waals surface area contributed by atoms with E-state index in [4.69, 9.17) is 5.73 Å². The molecule has 0 saturated heterocycles. The van der Waals surface area contributed by atoms with Gasteiger partial charge in [-0.15, -0.1) is 11.3 Å². The van der Waals surface area contributed by atoms with Crippen molar-refractivity contribution in [3.8, 4) is 5.75 Å². The number of anilines is 2. The van der Waals surface area contributed by atoms with E-state index in [0.29, 0.717) is 11.4 Å². The third-order valence-corrected chi connectivity index (χ3v) is 3.36. The van der Waals surface area contributed by atoms with Crippen LogP contribution in [0.15, 0.2) is 35.7 Å². The van der Waals surface area contributed by atoms with Crippen LogP contribution in [0.3, 0.4) is 0 Å². The minimum Gasteiger partial charge on any atom is -0.433 e. The fourth-order valence-corrected chi connectivity index (χ4v) is 2.34. The van der Waals surface area contributed by atoms with Crippen LogP contribution in [-0.4, -0.2) is 18.5 Å². The van der Waals surface area contributed by atoms with Crippen LogP contribution in [0.4, 0.5) is 25.0 Å². The lowest BCUT2D eigenvalue weighted by Crippen LogP contribution is -2.19. The summed E-state index contributed by atoms with van der Waals surface area (Å²) in [5, 5.41) is 6.39. The number of ether oxygens (including phenoxy) is 1. The molecule has 0 fully saturated rings. The van der Waals surface area contributed by atoms with E-state index in [9.17, 15) is 18.4 Å². The zero-order valence-electron chi connectivity index (χ0n) is 11.0. The van der Waals surface area contributed by atoms with E-state index >= 15 is 0 Å². The molecule has 116 valence electrons. The van der Waals surface area contributed by atoms with E-state index < -0.39 is 18.5 Å². The number of primary amides is 1. The summed E-state index contributed by atoms with van der Waals surface area (Å²) in [6.07, 6.45) is 0. The lowest BCUT2D eigenvalue weighted by Gasteiger charge is -2.08. The van der Waals surface area contributed by atoms with Crippen LogP contribution in [0.5, 0.6) is 5.75 Å². The van der Waals surface area contributed by atoms with Gasteiger partial charge in [0.1, 0.15) is 10.6 Å². The molecule has 0 saturated carbocycles. The van der Waals surface area contributed by atoms with Gasteiger partial charge in [0.05, 0.1) is 0 Å². The Morgan fingerprint density at radius 3 is 2.23 bits per heavy atom. The van der Waals surface area contributed by atoms with E-state index in [0.717, 1.165) is 11.3 Å². The Kier molecular flexibility index (Phi) is 4.89. The Hall–Kier alpha value is -2.68. The quantitative estimate of drug-likeness (QED) is 0.788. The zero-order valence-corrected chi connectivity index (χ0v) is 11.8. The normalized spacial score (nSPS) is 10.3. The molecule has 0 aliphatic rings. The molecule has 0 radical (unpaired) electrons. The van der Waals surface area contributed by atoms with Crippen molar-refractivity contribution >= 4 is 34.6 Å². The highest BCUT2D eigenvalue weighted by atomic mass is 32.1. The summed E-state index contributed by atoms with van der Waals surface area (Å²) in [7, 11) is 0. The second kappa shape index (κ2) is 6.85. The number of halogens is 2. The molecule has 2 aromatic rings. The van der Waals surface area contributed by atoms with E-state index in [1.54, 1.807) is 0 Å². The molecule has 6 nitrogen and oxygen atoms in total. The zero-order chi connectivity index (χ0) is 16.1. The molecule has 4 N–H and O–H groups in total. The molecular formula is C13H11F2N3O3S. The maximum atomic E-state index is 12.2. The second-order valence-electron chi connectivity index (χ2n) is 4.01. The van der Waals surface area contributed by atoms with Gasteiger partial charge in [-0.2, -0.15) is 8.78 Å². The number of hydrogen-bond acceptors (Lipinski definition) is 4. The number of carbonyl (C=O) groups is 2. The lowest BCUT2D eigenvalue weighted by atomic mass is 10.2. The van der Waals surface area contributed by atoms with Crippen molar-refractivity contribution in [3.63, 3.8) is 0 Å². The number of nitrogens with one attached hydrogen (secondary N) is 2. The molecule has 1 aromatic carbocycles. The lowest BCUT2D eigenvalue weighted by molar-refractivity contribution is -0.0498. The molecular weight excluding hydrogens is 316 g/mol. The molecule has 0 aliphatic heterocycles. The fraction of sp³-hybridized carbons (Fsp3) is 0.0769. The van der Waals surface area contributed by atoms with Gasteiger partial charge >= 0.3 is 12.6 Å². The Bertz CT molecular complexity index is 673. The van der Waals surface area contributed by atoms with Gasteiger partial charge in [0.15, 0.2) is 0 Å². The van der Waals surface area contributed by atoms with Crippen molar-refractivity contribution in [2.75, 3.05) is 10.6 Å². The summed E-state index contributed by atoms with van der Waals surface area (Å²) >= 11 is 0.987. The third-order valence-electron chi connectivity index (χ3n) is 2.46. The van der Waals surface area contributed by atoms with E-state index in [1.165, 1.54) is 35.7 Å². The van der Waals surface area contributed by atoms with E-state index in [1.807, 2.05) is 0 Å². The molecule has 0 bridgehead atoms. The first kappa shape index (κ1) is 15.7. The molecule has 22 heavy (non-hydrogen) atoms. The summed E-state index contributed by atoms with van der Waals surface area (Å²) in [6.45, 7) is -3.00. The summed E-state index contributed by atoms with van der Waals surface area (Å²) in [5.74, 6) is -0.745. The Balaban J connectivity index is 2.06. The van der Waals surface area contributed by atoms with Crippen LogP contribution >= 0.6 is 11.3 Å². The van der Waals surface area contributed by atoms with E-state index in [2.05, 4.69) is 15.4 Å². The molecule has 0 spiro atoms. The van der Waals surface area contributed by atoms with Gasteiger partial charge in [-0.25, -0.2) is 4.79 Å². The van der Waals surface area contributed by atoms with Gasteiger partial charge in [0, 0.05) is 11.4 Å². The number of amides is 3. The van der Waals surface area contributed by atoms with Crippen LogP contribution in [0.2, 0.25) is 0 Å². The monoisotopic (exact) mass is 327 g/mol. The minimum atomic E-state index is -3.00. The summed E-state index contributed by atoms with van der Waals surface area (Å²) in [4.78, 5) is 22.7. The topological polar surface area (TPSA) is 93.5 Å². The Morgan fingerprint density at radius 1 is 1.09 bits per heavy atom. The molecule has 2 rings (SSSR count). The largest absolute Gasteiger partial charge is 0.433 e. The van der Waals surface area contributed by atoms with Crippen LogP contribution in [0.25, 0.3) is 0 Å². The highest BCUT2D eigenvalue weighted by Gasteiger charge is 2.17. The summed E-state index contributed by atoms with van der Waals surface area (Å²) in [5.41, 5.74) is 5.86. The SMILES string of the molecule is NC(=O)Nc1ccc(NC(=O)c2sccc2OC(F)F)cc1. The summed E-state index contributed by atoms with van der Waals surface area (Å²) in [6, 6.07) is 6.72. The van der Waals surface area contributed by atoms with Gasteiger partial charge in [-0.05, 0) is 35.7 Å². The van der Waals surface area contributed by atoms with Crippen LogP contribution in [-0.2, 0) is 0 Å². The van der Waals surface area contributed by atoms with Crippen molar-refractivity contribution in [2.45, 2.75) is 6.61 Å². The van der Waals surface area contributed by atoms with Crippen molar-refractivity contribution in [1.82, 2.24) is 0 Å². The maximum Gasteiger partial charge on any atom is 0.387 e. The Labute approximate surface area is 127 Å². The fourth-order valence-electron chi connectivity index (χ4n) is 1.62. The molecule has 9 heteroatoms. The average molecular weight is 327 g/mol. The first-order valence-electron chi connectivity index (χ1n) is 5.96. The molecule has 0 aliphatic carbocycles. The summed E-state index contributed by atoms with van der Waals surface area (Å²) < 4.78 is 28.7. The number of nitrogens with two attached hydrogens (primary N) is 1. The highest BCUT2D eigenvalue weighted by molar-refractivity contribution is 7.12. The molecule has 0 unspecified atom stereocenters. The van der Waals surface area contributed by atoms with Gasteiger partial charge < -0.3 is 21.1 Å². The van der Waals surface area contributed by atoms with Crippen molar-refractivity contribution < 1.29 is 23.1 Å². The second-order valence-corrected chi connectivity index (χ2v) is 4.93. The standard InChI is InChI=1S/C13H11F2N3O3S/c14-12(15)21-9-5-6-22-10(9)11(19)17-7-1-3-8(4-2-7)18-13(16)20/h1-6,12H,(H,17,19)(H3,16,18,20). The number of hydrogen-bond donors (Lipinski definition) is 3. The van der Waals surface area contributed by atoms with Crippen LogP contribution in [0.1, 0.15) is 9.67 Å². The van der Waals surface area contributed by atoms with Gasteiger partial charge in [-0.3, -0.25) is 4.79 Å². The van der Waals surface area contributed by atoms with Crippen LogP contribution in [0, 0.1) is 0 Å². The smallest absolute Gasteiger partial charge is 0.387 e. The number of benzene rings is 1. The van der Waals surface area contributed by atoms with Crippen molar-refractivity contribution in [3.05, 3.63) is 40.6 Å². The van der Waals surface area contributed by atoms with Crippen molar-refractivity contribution in [1.29, 1.82) is 0 Å². The number of carbonyl (C=O) groups excluding carboxylic acids is 2. The third kappa shape index (κ3) is 4.16. The van der Waals surface area contributed by atoms with Gasteiger partial charge in [0.25, 0.3) is 5.91 Å². The number of urea groups is 1. The molecule has 0 atom stereocenters. The maximum absolute atomic E-state index is 12.2. The molecule has 1 aromatic heterocycles. The number of rotatable bonds is 5. The first-order valence-corrected chi connectivity index (χ1v) is 6.84. The first-order chi connectivity index (χ1) is 10.5. The van der Waals surface area contributed by atoms with Gasteiger partial charge in [0.2, 0.25) is 0 Å². The van der Waals surface area contributed by atoms with E-state index in [-0.39, 0.29) is 10.6 Å². The predicted octanol–water partition coefficient (Wildman–Crippen LogP) is 3.09. The molecule has 1 heterocycles. The minimum absolute atomic E-state index is 0.0413. The van der Waals surface area contributed by atoms with Gasteiger partial charge in [-0.1, -0.05) is 0 Å².